The first-order valence-electron chi connectivity index (χ1n) is 12.1. The number of pyridine rings is 1. The van der Waals surface area contributed by atoms with Crippen LogP contribution < -0.4 is 10.1 Å². The Morgan fingerprint density at radius 1 is 1.05 bits per heavy atom. The van der Waals surface area contributed by atoms with E-state index in [4.69, 9.17) is 4.74 Å². The van der Waals surface area contributed by atoms with Crippen molar-refractivity contribution >= 4 is 28.8 Å². The molecular weight excluding hydrogens is 472 g/mol. The molecule has 2 N–H and O–H groups in total. The number of hydrogen-bond acceptors (Lipinski definition) is 7. The van der Waals surface area contributed by atoms with E-state index in [0.29, 0.717) is 24.8 Å². The zero-order chi connectivity index (χ0) is 25.1. The standard InChI is InChI=1S/C26H24N8O3/c1-16-8-18(2-3-21(16)37-19-4-6-33-22(9-19)27-14-29-33)31-24-23-20(5-7-34(23)30-15-28-24)17-10-26(11-17)12-32(13-26)25(35)36/h2-9,14-15,17H,10-13H2,1H3,(H,35,36)(H,28,30,31). The van der Waals surface area contributed by atoms with Gasteiger partial charge in [0.05, 0.1) is 0 Å². The van der Waals surface area contributed by atoms with Gasteiger partial charge in [0.15, 0.2) is 11.5 Å². The molecule has 2 fully saturated rings. The first-order chi connectivity index (χ1) is 18.0. The average Bonchev–Trinajstić information content (AvgIpc) is 3.46. The van der Waals surface area contributed by atoms with Gasteiger partial charge in [-0.05, 0) is 67.1 Å². The van der Waals surface area contributed by atoms with Crippen molar-refractivity contribution in [3.05, 3.63) is 72.6 Å². The molecule has 11 heteroatoms. The third kappa shape index (κ3) is 3.62. The van der Waals surface area contributed by atoms with Gasteiger partial charge in [0, 0.05) is 42.7 Å². The number of rotatable bonds is 5. The summed E-state index contributed by atoms with van der Waals surface area (Å²) in [6.07, 6.45) is 7.97. The summed E-state index contributed by atoms with van der Waals surface area (Å²) < 4.78 is 9.64. The molecule has 1 amide bonds. The molecule has 5 aromatic rings. The molecular formula is C26H24N8O3. The maximum absolute atomic E-state index is 11.2. The van der Waals surface area contributed by atoms with E-state index >= 15 is 0 Å². The van der Waals surface area contributed by atoms with E-state index < -0.39 is 6.09 Å². The number of hydrogen-bond donors (Lipinski definition) is 2. The largest absolute Gasteiger partial charge is 0.465 e. The monoisotopic (exact) mass is 496 g/mol. The predicted molar refractivity (Wildman–Crippen MR) is 135 cm³/mol. The van der Waals surface area contributed by atoms with Crippen LogP contribution in [0.25, 0.3) is 11.2 Å². The zero-order valence-electron chi connectivity index (χ0n) is 20.1. The second-order valence-electron chi connectivity index (χ2n) is 10.0. The molecule has 4 aromatic heterocycles. The van der Waals surface area contributed by atoms with Crippen LogP contribution >= 0.6 is 0 Å². The van der Waals surface area contributed by atoms with Crippen molar-refractivity contribution in [2.24, 2.45) is 5.41 Å². The Labute approximate surface area is 211 Å². The molecule has 5 heterocycles. The molecule has 2 aliphatic rings. The fourth-order valence-electron chi connectivity index (χ4n) is 5.73. The quantitative estimate of drug-likeness (QED) is 0.365. The van der Waals surface area contributed by atoms with E-state index in [0.717, 1.165) is 46.8 Å². The Bertz CT molecular complexity index is 1660. The lowest BCUT2D eigenvalue weighted by molar-refractivity contribution is -0.0580. The normalized spacial score (nSPS) is 16.6. The van der Waals surface area contributed by atoms with E-state index in [1.165, 1.54) is 16.8 Å². The zero-order valence-corrected chi connectivity index (χ0v) is 20.1. The molecule has 1 saturated carbocycles. The van der Waals surface area contributed by atoms with Crippen LogP contribution in [0.4, 0.5) is 16.3 Å². The number of ether oxygens (including phenoxy) is 1. The van der Waals surface area contributed by atoms with Gasteiger partial charge in [0.25, 0.3) is 0 Å². The Morgan fingerprint density at radius 2 is 1.84 bits per heavy atom. The molecule has 1 spiro atoms. The Kier molecular flexibility index (Phi) is 4.62. The Hall–Kier alpha value is -4.67. The smallest absolute Gasteiger partial charge is 0.407 e. The first-order valence-corrected chi connectivity index (χ1v) is 12.1. The predicted octanol–water partition coefficient (Wildman–Crippen LogP) is 4.47. The Morgan fingerprint density at radius 3 is 2.65 bits per heavy atom. The van der Waals surface area contributed by atoms with Gasteiger partial charge < -0.3 is 20.1 Å². The molecule has 1 saturated heterocycles. The molecule has 7 rings (SSSR count). The van der Waals surface area contributed by atoms with Gasteiger partial charge in [-0.25, -0.2) is 23.8 Å². The fraction of sp³-hybridized carbons (Fsp3) is 0.269. The van der Waals surface area contributed by atoms with E-state index in [1.54, 1.807) is 10.8 Å². The average molecular weight is 497 g/mol. The molecule has 0 radical (unpaired) electrons. The maximum atomic E-state index is 11.2. The molecule has 1 aliphatic heterocycles. The number of nitrogens with zero attached hydrogens (tertiary/aromatic N) is 7. The highest BCUT2D eigenvalue weighted by molar-refractivity contribution is 5.78. The van der Waals surface area contributed by atoms with Crippen molar-refractivity contribution in [1.29, 1.82) is 0 Å². The number of aryl methyl sites for hydroxylation is 1. The van der Waals surface area contributed by atoms with Gasteiger partial charge in [0.2, 0.25) is 0 Å². The topological polar surface area (TPSA) is 122 Å². The molecule has 1 aliphatic carbocycles. The minimum atomic E-state index is -0.827. The summed E-state index contributed by atoms with van der Waals surface area (Å²) in [7, 11) is 0. The van der Waals surface area contributed by atoms with Crippen molar-refractivity contribution in [2.75, 3.05) is 18.4 Å². The van der Waals surface area contributed by atoms with E-state index in [-0.39, 0.29) is 5.41 Å². The van der Waals surface area contributed by atoms with Crippen LogP contribution in [0.1, 0.15) is 29.9 Å². The summed E-state index contributed by atoms with van der Waals surface area (Å²) in [6, 6.07) is 11.7. The number of carbonyl (C=O) groups is 1. The molecule has 1 aromatic carbocycles. The summed E-state index contributed by atoms with van der Waals surface area (Å²) in [4.78, 5) is 21.4. The number of nitrogens with one attached hydrogen (secondary N) is 1. The van der Waals surface area contributed by atoms with Crippen LogP contribution in [0.2, 0.25) is 0 Å². The number of benzene rings is 1. The van der Waals surface area contributed by atoms with Crippen molar-refractivity contribution in [3.63, 3.8) is 0 Å². The highest BCUT2D eigenvalue weighted by atomic mass is 16.5. The summed E-state index contributed by atoms with van der Waals surface area (Å²) in [5, 5.41) is 21.1. The Balaban J connectivity index is 1.10. The minimum absolute atomic E-state index is 0.131. The van der Waals surface area contributed by atoms with E-state index in [9.17, 15) is 9.90 Å². The van der Waals surface area contributed by atoms with Crippen molar-refractivity contribution in [2.45, 2.75) is 25.7 Å². The molecule has 0 bridgehead atoms. The highest BCUT2D eigenvalue weighted by Crippen LogP contribution is 2.57. The van der Waals surface area contributed by atoms with Crippen LogP contribution in [0.15, 0.2) is 61.4 Å². The molecule has 37 heavy (non-hydrogen) atoms. The van der Waals surface area contributed by atoms with E-state index in [1.807, 2.05) is 54.2 Å². The van der Waals surface area contributed by atoms with E-state index in [2.05, 4.69) is 31.5 Å². The van der Waals surface area contributed by atoms with Gasteiger partial charge in [-0.3, -0.25) is 0 Å². The summed E-state index contributed by atoms with van der Waals surface area (Å²) in [5.41, 5.74) is 4.87. The van der Waals surface area contributed by atoms with Crippen LogP contribution in [0.3, 0.4) is 0 Å². The highest BCUT2D eigenvalue weighted by Gasteiger charge is 2.54. The van der Waals surface area contributed by atoms with Gasteiger partial charge in [-0.2, -0.15) is 10.2 Å². The third-order valence-electron chi connectivity index (χ3n) is 7.52. The first kappa shape index (κ1) is 21.6. The number of carboxylic acid groups (broad SMARTS) is 1. The van der Waals surface area contributed by atoms with Crippen LogP contribution in [-0.4, -0.2) is 58.4 Å². The fourth-order valence-corrected chi connectivity index (χ4v) is 5.73. The van der Waals surface area contributed by atoms with Crippen molar-refractivity contribution in [3.8, 4) is 11.5 Å². The number of anilines is 2. The lowest BCUT2D eigenvalue weighted by Crippen LogP contribution is -2.62. The SMILES string of the molecule is Cc1cc(Nc2ncnn3ccc(C4CC5(C4)CN(C(=O)O)C5)c23)ccc1Oc1ccn2ncnc2c1. The van der Waals surface area contributed by atoms with Crippen LogP contribution in [0, 0.1) is 12.3 Å². The third-order valence-corrected chi connectivity index (χ3v) is 7.52. The number of likely N-dealkylation sites (tertiary alicyclic amines) is 1. The second kappa shape index (κ2) is 7.92. The summed E-state index contributed by atoms with van der Waals surface area (Å²) in [6.45, 7) is 3.26. The number of aromatic nitrogens is 6. The molecule has 11 nitrogen and oxygen atoms in total. The summed E-state index contributed by atoms with van der Waals surface area (Å²) >= 11 is 0. The minimum Gasteiger partial charge on any atom is -0.465 e. The van der Waals surface area contributed by atoms with Gasteiger partial charge in [0.1, 0.15) is 29.7 Å². The second-order valence-corrected chi connectivity index (χ2v) is 10.0. The lowest BCUT2D eigenvalue weighted by atomic mass is 9.56. The van der Waals surface area contributed by atoms with Crippen LogP contribution in [-0.2, 0) is 0 Å². The van der Waals surface area contributed by atoms with Crippen molar-refractivity contribution < 1.29 is 14.6 Å². The van der Waals surface area contributed by atoms with Gasteiger partial charge in [-0.15, -0.1) is 0 Å². The maximum Gasteiger partial charge on any atom is 0.407 e. The van der Waals surface area contributed by atoms with Crippen molar-refractivity contribution in [1.82, 2.24) is 34.1 Å². The molecule has 186 valence electrons. The van der Waals surface area contributed by atoms with Gasteiger partial charge >= 0.3 is 6.09 Å². The van der Waals surface area contributed by atoms with Gasteiger partial charge in [-0.1, -0.05) is 0 Å². The molecule has 0 unspecified atom stereocenters. The number of amides is 1. The summed E-state index contributed by atoms with van der Waals surface area (Å²) in [5.74, 6) is 2.55. The lowest BCUT2D eigenvalue weighted by Gasteiger charge is -2.58. The molecule has 0 atom stereocenters. The van der Waals surface area contributed by atoms with Crippen LogP contribution in [0.5, 0.6) is 11.5 Å². The number of fused-ring (bicyclic) bond motifs is 2.